The maximum atomic E-state index is 11.0. The predicted octanol–water partition coefficient (Wildman–Crippen LogP) is 3.25. The Hall–Kier alpha value is -2.77. The predicted molar refractivity (Wildman–Crippen MR) is 103 cm³/mol. The largest absolute Gasteiger partial charge is 0.379 e. The second-order valence-electron chi connectivity index (χ2n) is 7.52. The highest BCUT2D eigenvalue weighted by Gasteiger charge is 2.62. The Morgan fingerprint density at radius 2 is 1.86 bits per heavy atom. The number of hydrogen-bond donors (Lipinski definition) is 0. The minimum Gasteiger partial charge on any atom is -0.379 e. The monoisotopic (exact) mass is 379 g/mol. The number of nitro groups is 1. The van der Waals surface area contributed by atoms with Crippen molar-refractivity contribution in [1.29, 1.82) is 0 Å². The van der Waals surface area contributed by atoms with Gasteiger partial charge in [0.2, 0.25) is 5.72 Å². The van der Waals surface area contributed by atoms with Crippen molar-refractivity contribution in [3.05, 3.63) is 75.3 Å². The first-order chi connectivity index (χ1) is 13.6. The van der Waals surface area contributed by atoms with Crippen molar-refractivity contribution in [3.63, 3.8) is 0 Å². The molecular formula is C21H21N3O4. The molecule has 2 aliphatic heterocycles. The highest BCUT2D eigenvalue weighted by Crippen LogP contribution is 2.57. The van der Waals surface area contributed by atoms with E-state index >= 15 is 0 Å². The van der Waals surface area contributed by atoms with Crippen LogP contribution in [0, 0.1) is 16.0 Å². The fourth-order valence-corrected chi connectivity index (χ4v) is 4.92. The number of oxime groups is 1. The van der Waals surface area contributed by atoms with Gasteiger partial charge >= 0.3 is 0 Å². The average molecular weight is 379 g/mol. The van der Waals surface area contributed by atoms with Crippen molar-refractivity contribution in [2.75, 3.05) is 26.3 Å². The van der Waals surface area contributed by atoms with Gasteiger partial charge in [0.15, 0.2) is 0 Å². The van der Waals surface area contributed by atoms with E-state index in [0.29, 0.717) is 13.2 Å². The molecule has 0 spiro atoms. The molecule has 2 aromatic rings. The van der Waals surface area contributed by atoms with Gasteiger partial charge in [0.05, 0.1) is 29.8 Å². The van der Waals surface area contributed by atoms with Crippen LogP contribution >= 0.6 is 0 Å². The summed E-state index contributed by atoms with van der Waals surface area (Å²) in [6, 6.07) is 15.0. The summed E-state index contributed by atoms with van der Waals surface area (Å²) in [5, 5.41) is 15.5. The Morgan fingerprint density at radius 1 is 1.14 bits per heavy atom. The minimum atomic E-state index is -0.642. The van der Waals surface area contributed by atoms with Crippen molar-refractivity contribution < 1.29 is 14.5 Å². The molecule has 2 heterocycles. The molecule has 2 aromatic carbocycles. The zero-order valence-corrected chi connectivity index (χ0v) is 15.6. The van der Waals surface area contributed by atoms with Crippen LogP contribution in [0.3, 0.4) is 0 Å². The van der Waals surface area contributed by atoms with E-state index in [9.17, 15) is 10.1 Å². The number of nitro benzene ring substituents is 1. The summed E-state index contributed by atoms with van der Waals surface area (Å²) in [7, 11) is 0. The molecule has 0 unspecified atom stereocenters. The smallest absolute Gasteiger partial charge is 0.269 e. The number of hydrogen-bond acceptors (Lipinski definition) is 6. The first-order valence-corrected chi connectivity index (χ1v) is 9.56. The molecule has 0 aromatic heterocycles. The molecule has 0 amide bonds. The third kappa shape index (κ3) is 2.33. The molecule has 144 valence electrons. The Morgan fingerprint density at radius 3 is 2.57 bits per heavy atom. The zero-order valence-electron chi connectivity index (χ0n) is 15.6. The number of benzene rings is 2. The molecule has 7 nitrogen and oxygen atoms in total. The van der Waals surface area contributed by atoms with E-state index < -0.39 is 5.72 Å². The first-order valence-electron chi connectivity index (χ1n) is 9.56. The summed E-state index contributed by atoms with van der Waals surface area (Å²) >= 11 is 0. The van der Waals surface area contributed by atoms with Crippen molar-refractivity contribution in [3.8, 4) is 0 Å². The van der Waals surface area contributed by atoms with Crippen LogP contribution < -0.4 is 0 Å². The number of ether oxygens (including phenoxy) is 1. The van der Waals surface area contributed by atoms with E-state index in [4.69, 9.17) is 9.57 Å². The van der Waals surface area contributed by atoms with Gasteiger partial charge in [-0.25, -0.2) is 0 Å². The Bertz CT molecular complexity index is 952. The zero-order chi connectivity index (χ0) is 19.3. The lowest BCUT2D eigenvalue weighted by Gasteiger charge is -2.42. The summed E-state index contributed by atoms with van der Waals surface area (Å²) in [6.45, 7) is 5.10. The minimum absolute atomic E-state index is 0.0180. The average Bonchev–Trinajstić information content (AvgIpc) is 3.25. The first kappa shape index (κ1) is 17.3. The van der Waals surface area contributed by atoms with E-state index in [1.807, 2.05) is 6.07 Å². The second-order valence-corrected chi connectivity index (χ2v) is 7.52. The van der Waals surface area contributed by atoms with Gasteiger partial charge in [-0.1, -0.05) is 36.3 Å². The van der Waals surface area contributed by atoms with Crippen molar-refractivity contribution >= 4 is 11.4 Å². The van der Waals surface area contributed by atoms with Crippen LogP contribution in [0.25, 0.3) is 0 Å². The molecule has 0 radical (unpaired) electrons. The fraction of sp³-hybridized carbons (Fsp3) is 0.381. The Kier molecular flexibility index (Phi) is 3.96. The number of nitrogens with zero attached hydrogens (tertiary/aromatic N) is 3. The number of fused-ring (bicyclic) bond motifs is 3. The van der Waals surface area contributed by atoms with Gasteiger partial charge in [0, 0.05) is 36.3 Å². The number of morpholine rings is 1. The van der Waals surface area contributed by atoms with Gasteiger partial charge in [-0.05, 0) is 23.6 Å². The normalized spacial score (nSPS) is 29.0. The van der Waals surface area contributed by atoms with E-state index in [-0.39, 0.29) is 22.4 Å². The highest BCUT2D eigenvalue weighted by molar-refractivity contribution is 6.04. The maximum Gasteiger partial charge on any atom is 0.269 e. The topological polar surface area (TPSA) is 77.2 Å². The van der Waals surface area contributed by atoms with Crippen molar-refractivity contribution in [2.24, 2.45) is 11.1 Å². The van der Waals surface area contributed by atoms with Crippen LogP contribution in [0.5, 0.6) is 0 Å². The highest BCUT2D eigenvalue weighted by atomic mass is 16.7. The molecule has 5 rings (SSSR count). The Balaban J connectivity index is 1.60. The van der Waals surface area contributed by atoms with Gasteiger partial charge < -0.3 is 9.57 Å². The van der Waals surface area contributed by atoms with Gasteiger partial charge in [-0.3, -0.25) is 15.0 Å². The van der Waals surface area contributed by atoms with E-state index in [2.05, 4.69) is 35.2 Å². The summed E-state index contributed by atoms with van der Waals surface area (Å²) in [4.78, 5) is 19.2. The molecule has 1 aliphatic carbocycles. The quantitative estimate of drug-likeness (QED) is 0.604. The molecule has 1 saturated heterocycles. The van der Waals surface area contributed by atoms with E-state index in [1.54, 1.807) is 12.1 Å². The number of non-ortho nitro benzene ring substituents is 1. The molecule has 28 heavy (non-hydrogen) atoms. The van der Waals surface area contributed by atoms with Gasteiger partial charge in [0.25, 0.3) is 5.69 Å². The molecule has 3 atom stereocenters. The summed E-state index contributed by atoms with van der Waals surface area (Å²) in [5.41, 5.74) is 3.58. The van der Waals surface area contributed by atoms with Crippen LogP contribution in [0.2, 0.25) is 0 Å². The SMILES string of the molecule is C[C@H]1c2ccccc2[C@]2(N3CCOCC3)ON=C(c3ccc([N+](=O)[O-])cc3)[C@H]12. The lowest BCUT2D eigenvalue weighted by Crippen LogP contribution is -2.54. The van der Waals surface area contributed by atoms with Crippen LogP contribution in [0.1, 0.15) is 29.5 Å². The van der Waals surface area contributed by atoms with Crippen LogP contribution in [-0.2, 0) is 15.3 Å². The molecule has 3 aliphatic rings. The molecule has 0 bridgehead atoms. The molecule has 1 fully saturated rings. The van der Waals surface area contributed by atoms with Gasteiger partial charge in [0.1, 0.15) is 0 Å². The molecular weight excluding hydrogens is 358 g/mol. The van der Waals surface area contributed by atoms with E-state index in [0.717, 1.165) is 29.9 Å². The van der Waals surface area contributed by atoms with Crippen molar-refractivity contribution in [1.82, 2.24) is 4.90 Å². The molecule has 7 heteroatoms. The fourth-order valence-electron chi connectivity index (χ4n) is 4.92. The lowest BCUT2D eigenvalue weighted by molar-refractivity contribution is -0.384. The van der Waals surface area contributed by atoms with Crippen LogP contribution in [-0.4, -0.2) is 41.8 Å². The van der Waals surface area contributed by atoms with Gasteiger partial charge in [-0.2, -0.15) is 0 Å². The number of rotatable bonds is 3. The van der Waals surface area contributed by atoms with Crippen molar-refractivity contribution in [2.45, 2.75) is 18.6 Å². The summed E-state index contributed by atoms with van der Waals surface area (Å²) in [5.74, 6) is 0.236. The summed E-state index contributed by atoms with van der Waals surface area (Å²) < 4.78 is 5.57. The molecule has 0 saturated carbocycles. The van der Waals surface area contributed by atoms with E-state index in [1.165, 1.54) is 17.7 Å². The van der Waals surface area contributed by atoms with Crippen LogP contribution in [0.4, 0.5) is 5.69 Å². The Labute approximate surface area is 162 Å². The third-order valence-electron chi connectivity index (χ3n) is 6.19. The third-order valence-corrected chi connectivity index (χ3v) is 6.19. The van der Waals surface area contributed by atoms with Crippen LogP contribution in [0.15, 0.2) is 53.7 Å². The second kappa shape index (κ2) is 6.39. The lowest BCUT2D eigenvalue weighted by atomic mass is 9.82. The van der Waals surface area contributed by atoms with Gasteiger partial charge in [-0.15, -0.1) is 0 Å². The molecule has 0 N–H and O–H groups in total. The summed E-state index contributed by atoms with van der Waals surface area (Å²) in [6.07, 6.45) is 0. The maximum absolute atomic E-state index is 11.0. The standard InChI is InChI=1S/C21H21N3O4/c1-14-17-4-2-3-5-18(17)21(23-10-12-27-13-11-23)19(14)20(22-28-21)15-6-8-16(9-7-15)24(25)26/h2-9,14,19H,10-13H2,1H3/t14-,19-,21-/m0/s1.